The molecule has 3 aromatic carbocycles. The molecule has 0 saturated heterocycles. The minimum atomic E-state index is 0.701. The molecule has 1 heterocycles. The fourth-order valence-corrected chi connectivity index (χ4v) is 4.48. The Morgan fingerprint density at radius 3 is 2.52 bits per heavy atom. The number of hydrogen-bond acceptors (Lipinski definition) is 3. The van der Waals surface area contributed by atoms with Crippen LogP contribution >= 0.6 is 23.4 Å². The molecule has 3 nitrogen and oxygen atoms in total. The first kappa shape index (κ1) is 19.7. The lowest BCUT2D eigenvalue weighted by molar-refractivity contribution is 0.847. The van der Waals surface area contributed by atoms with Gasteiger partial charge in [-0.1, -0.05) is 83.5 Å². The zero-order valence-electron chi connectivity index (χ0n) is 16.5. The molecule has 4 rings (SSSR count). The van der Waals surface area contributed by atoms with E-state index >= 15 is 0 Å². The zero-order chi connectivity index (χ0) is 20.2. The fourth-order valence-electron chi connectivity index (χ4n) is 3.26. The van der Waals surface area contributed by atoms with E-state index in [0.29, 0.717) is 11.4 Å². The monoisotopic (exact) mass is 419 g/mol. The first-order chi connectivity index (χ1) is 14.1. The van der Waals surface area contributed by atoms with E-state index in [2.05, 4.69) is 58.9 Å². The highest BCUT2D eigenvalue weighted by Gasteiger charge is 2.16. The molecule has 1 aromatic heterocycles. The topological polar surface area (TPSA) is 30.7 Å². The van der Waals surface area contributed by atoms with Crippen molar-refractivity contribution in [3.8, 4) is 5.69 Å². The van der Waals surface area contributed by atoms with Gasteiger partial charge in [-0.3, -0.25) is 4.57 Å². The summed E-state index contributed by atoms with van der Waals surface area (Å²) in [5.41, 5.74) is 6.07. The number of hydrogen-bond donors (Lipinski definition) is 0. The van der Waals surface area contributed by atoms with Gasteiger partial charge < -0.3 is 0 Å². The van der Waals surface area contributed by atoms with Crippen molar-refractivity contribution in [2.24, 2.45) is 0 Å². The molecule has 0 saturated carbocycles. The maximum absolute atomic E-state index is 6.28. The first-order valence-corrected chi connectivity index (χ1v) is 10.9. The van der Waals surface area contributed by atoms with E-state index in [9.17, 15) is 0 Å². The van der Waals surface area contributed by atoms with Gasteiger partial charge in [0, 0.05) is 17.2 Å². The highest BCUT2D eigenvalue weighted by molar-refractivity contribution is 7.98. The summed E-state index contributed by atoms with van der Waals surface area (Å²) in [5.74, 6) is 1.75. The zero-order valence-corrected chi connectivity index (χ0v) is 18.0. The summed E-state index contributed by atoms with van der Waals surface area (Å²) in [4.78, 5) is 0. The second-order valence-electron chi connectivity index (χ2n) is 7.10. The van der Waals surface area contributed by atoms with Crippen LogP contribution in [-0.2, 0) is 12.2 Å². The number of thioether (sulfide) groups is 1. The van der Waals surface area contributed by atoms with Crippen molar-refractivity contribution in [1.29, 1.82) is 0 Å². The van der Waals surface area contributed by atoms with Gasteiger partial charge in [-0.05, 0) is 48.7 Å². The minimum absolute atomic E-state index is 0.701. The van der Waals surface area contributed by atoms with Crippen LogP contribution in [-0.4, -0.2) is 14.8 Å². The lowest BCUT2D eigenvalue weighted by Crippen LogP contribution is -2.04. The van der Waals surface area contributed by atoms with Gasteiger partial charge in [0.1, 0.15) is 5.82 Å². The third-order valence-corrected chi connectivity index (χ3v) is 6.05. The number of halogens is 1. The van der Waals surface area contributed by atoms with Crippen LogP contribution in [0.1, 0.15) is 28.1 Å². The fraction of sp³-hybridized carbons (Fsp3) is 0.167. The van der Waals surface area contributed by atoms with E-state index in [1.807, 2.05) is 42.5 Å². The molecule has 4 aromatic rings. The normalized spacial score (nSPS) is 11.0. The van der Waals surface area contributed by atoms with E-state index in [1.165, 1.54) is 22.3 Å². The van der Waals surface area contributed by atoms with Gasteiger partial charge in [-0.25, -0.2) is 0 Å². The Bertz CT molecular complexity index is 1120. The molecule has 0 aliphatic rings. The molecule has 0 bridgehead atoms. The van der Waals surface area contributed by atoms with Crippen molar-refractivity contribution in [3.05, 3.63) is 106 Å². The van der Waals surface area contributed by atoms with E-state index in [-0.39, 0.29) is 0 Å². The van der Waals surface area contributed by atoms with Crippen LogP contribution < -0.4 is 0 Å². The van der Waals surface area contributed by atoms with Gasteiger partial charge in [0.2, 0.25) is 0 Å². The third kappa shape index (κ3) is 4.72. The standard InChI is InChI=1S/C24H22ClN3S/c1-17-11-12-18(2)20(13-17)16-29-24-27-26-23(14-19-7-4-3-5-8-19)28(24)22-10-6-9-21(25)15-22/h3-13,15H,14,16H2,1-2H3. The molecule has 146 valence electrons. The molecule has 0 amide bonds. The second kappa shape index (κ2) is 8.85. The molecule has 0 aliphatic carbocycles. The summed E-state index contributed by atoms with van der Waals surface area (Å²) in [5, 5.41) is 10.6. The Balaban J connectivity index is 1.68. The molecular weight excluding hydrogens is 398 g/mol. The van der Waals surface area contributed by atoms with Crippen molar-refractivity contribution < 1.29 is 0 Å². The summed E-state index contributed by atoms with van der Waals surface area (Å²) in [6.07, 6.45) is 0.713. The maximum Gasteiger partial charge on any atom is 0.196 e. The first-order valence-electron chi connectivity index (χ1n) is 9.53. The lowest BCUT2D eigenvalue weighted by atomic mass is 10.1. The van der Waals surface area contributed by atoms with Crippen LogP contribution in [0.25, 0.3) is 5.69 Å². The van der Waals surface area contributed by atoms with E-state index in [1.54, 1.807) is 11.8 Å². The average Bonchev–Trinajstić information content (AvgIpc) is 3.12. The number of aryl methyl sites for hydroxylation is 2. The molecule has 0 unspecified atom stereocenters. The van der Waals surface area contributed by atoms with Crippen molar-refractivity contribution in [2.45, 2.75) is 31.2 Å². The minimum Gasteiger partial charge on any atom is -0.274 e. The van der Waals surface area contributed by atoms with Crippen molar-refractivity contribution in [3.63, 3.8) is 0 Å². The van der Waals surface area contributed by atoms with Crippen LogP contribution in [0.4, 0.5) is 0 Å². The molecule has 0 fully saturated rings. The lowest BCUT2D eigenvalue weighted by Gasteiger charge is -2.12. The highest BCUT2D eigenvalue weighted by Crippen LogP contribution is 2.28. The van der Waals surface area contributed by atoms with Crippen LogP contribution in [0.5, 0.6) is 0 Å². The van der Waals surface area contributed by atoms with Gasteiger partial charge in [-0.2, -0.15) is 0 Å². The molecule has 0 radical (unpaired) electrons. The van der Waals surface area contributed by atoms with E-state index in [0.717, 1.165) is 22.4 Å². The summed E-state index contributed by atoms with van der Waals surface area (Å²) < 4.78 is 2.12. The summed E-state index contributed by atoms with van der Waals surface area (Å²) in [7, 11) is 0. The molecule has 5 heteroatoms. The number of benzene rings is 3. The summed E-state index contributed by atoms with van der Waals surface area (Å²) in [6, 6.07) is 24.8. The average molecular weight is 420 g/mol. The second-order valence-corrected chi connectivity index (χ2v) is 8.47. The van der Waals surface area contributed by atoms with E-state index < -0.39 is 0 Å². The van der Waals surface area contributed by atoms with Crippen molar-refractivity contribution >= 4 is 23.4 Å². The number of rotatable bonds is 6. The smallest absolute Gasteiger partial charge is 0.196 e. The van der Waals surface area contributed by atoms with Crippen LogP contribution in [0.15, 0.2) is 78.0 Å². The Kier molecular flexibility index (Phi) is 6.02. The third-order valence-electron chi connectivity index (χ3n) is 4.83. The number of nitrogens with zero attached hydrogens (tertiary/aromatic N) is 3. The SMILES string of the molecule is Cc1ccc(C)c(CSc2nnc(Cc3ccccc3)n2-c2cccc(Cl)c2)c1. The molecular formula is C24H22ClN3S. The van der Waals surface area contributed by atoms with Gasteiger partial charge in [-0.15, -0.1) is 10.2 Å². The van der Waals surface area contributed by atoms with E-state index in [4.69, 9.17) is 11.6 Å². The molecule has 0 N–H and O–H groups in total. The predicted octanol–water partition coefficient (Wildman–Crippen LogP) is 6.42. The Morgan fingerprint density at radius 2 is 1.72 bits per heavy atom. The van der Waals surface area contributed by atoms with Crippen LogP contribution in [0.3, 0.4) is 0 Å². The maximum atomic E-state index is 6.28. The van der Waals surface area contributed by atoms with Crippen molar-refractivity contribution in [1.82, 2.24) is 14.8 Å². The highest BCUT2D eigenvalue weighted by atomic mass is 35.5. The summed E-state index contributed by atoms with van der Waals surface area (Å²) in [6.45, 7) is 4.28. The quantitative estimate of drug-likeness (QED) is 0.338. The van der Waals surface area contributed by atoms with Gasteiger partial charge in [0.15, 0.2) is 5.16 Å². The predicted molar refractivity (Wildman–Crippen MR) is 121 cm³/mol. The van der Waals surface area contributed by atoms with Gasteiger partial charge in [0.05, 0.1) is 5.69 Å². The Labute approximate surface area is 180 Å². The Morgan fingerprint density at radius 1 is 0.897 bits per heavy atom. The summed E-state index contributed by atoms with van der Waals surface area (Å²) >= 11 is 7.98. The Hall–Kier alpha value is -2.56. The molecule has 0 atom stereocenters. The van der Waals surface area contributed by atoms with Gasteiger partial charge >= 0.3 is 0 Å². The van der Waals surface area contributed by atoms with Crippen LogP contribution in [0, 0.1) is 13.8 Å². The molecule has 0 spiro atoms. The largest absolute Gasteiger partial charge is 0.274 e. The van der Waals surface area contributed by atoms with Crippen molar-refractivity contribution in [2.75, 3.05) is 0 Å². The molecule has 29 heavy (non-hydrogen) atoms. The molecule has 0 aliphatic heterocycles. The number of aromatic nitrogens is 3. The van der Waals surface area contributed by atoms with Crippen LogP contribution in [0.2, 0.25) is 5.02 Å². The van der Waals surface area contributed by atoms with Gasteiger partial charge in [0.25, 0.3) is 0 Å².